The first kappa shape index (κ1) is 15.3. The third-order valence-electron chi connectivity index (χ3n) is 3.90. The maximum atomic E-state index is 4.52. The molecule has 0 bridgehead atoms. The summed E-state index contributed by atoms with van der Waals surface area (Å²) in [5.41, 5.74) is 2.57. The van der Waals surface area contributed by atoms with Gasteiger partial charge < -0.3 is 15.1 Å². The summed E-state index contributed by atoms with van der Waals surface area (Å²) >= 11 is 0. The van der Waals surface area contributed by atoms with Gasteiger partial charge in [-0.15, -0.1) is 11.7 Å². The number of aryl methyl sites for hydroxylation is 1. The molecule has 3 rings (SSSR count). The molecule has 23 heavy (non-hydrogen) atoms. The third-order valence-corrected chi connectivity index (χ3v) is 3.90. The Morgan fingerprint density at radius 2 is 2.00 bits per heavy atom. The summed E-state index contributed by atoms with van der Waals surface area (Å²) in [5.74, 6) is 1.42. The second kappa shape index (κ2) is 7.09. The first-order chi connectivity index (χ1) is 11.3. The first-order valence-corrected chi connectivity index (χ1v) is 7.87. The van der Waals surface area contributed by atoms with E-state index in [9.17, 15) is 0 Å². The minimum atomic E-state index is 0.666. The quantitative estimate of drug-likeness (QED) is 0.854. The molecular weight excluding hydrogens is 288 g/mol. The van der Waals surface area contributed by atoms with Crippen molar-refractivity contribution in [1.29, 1.82) is 0 Å². The lowest BCUT2D eigenvalue weighted by molar-refractivity contribution is 0.635. The van der Waals surface area contributed by atoms with Crippen LogP contribution in [0.15, 0.2) is 43.1 Å². The van der Waals surface area contributed by atoms with E-state index in [0.29, 0.717) is 12.5 Å². The fourth-order valence-electron chi connectivity index (χ4n) is 2.68. The summed E-state index contributed by atoms with van der Waals surface area (Å²) in [6, 6.07) is 8.63. The van der Waals surface area contributed by atoms with Crippen molar-refractivity contribution < 1.29 is 0 Å². The predicted molar refractivity (Wildman–Crippen MR) is 94.1 cm³/mol. The second-order valence-corrected chi connectivity index (χ2v) is 5.62. The summed E-state index contributed by atoms with van der Waals surface area (Å²) in [7, 11) is 0. The second-order valence-electron chi connectivity index (χ2n) is 5.62. The Hall–Kier alpha value is -2.63. The van der Waals surface area contributed by atoms with Crippen molar-refractivity contribution in [1.82, 2.24) is 15.2 Å². The van der Waals surface area contributed by atoms with E-state index in [1.54, 1.807) is 12.3 Å². The van der Waals surface area contributed by atoms with Gasteiger partial charge in [-0.2, -0.15) is 10.1 Å². The number of nitrogens with one attached hydrogen (secondary N) is 1. The zero-order valence-corrected chi connectivity index (χ0v) is 13.4. The molecule has 6 nitrogen and oxygen atoms in total. The van der Waals surface area contributed by atoms with Gasteiger partial charge in [0.05, 0.1) is 6.20 Å². The number of hydrogen-bond acceptors (Lipinski definition) is 6. The molecule has 2 heterocycles. The van der Waals surface area contributed by atoms with Gasteiger partial charge in [-0.3, -0.25) is 0 Å². The highest BCUT2D eigenvalue weighted by Crippen LogP contribution is 2.19. The van der Waals surface area contributed by atoms with Crippen molar-refractivity contribution in [2.45, 2.75) is 6.92 Å². The van der Waals surface area contributed by atoms with Crippen LogP contribution in [-0.4, -0.2) is 47.9 Å². The van der Waals surface area contributed by atoms with E-state index in [-0.39, 0.29) is 0 Å². The molecule has 2 aromatic rings. The number of hydrogen-bond donors (Lipinski definition) is 1. The smallest absolute Gasteiger partial charge is 0.247 e. The van der Waals surface area contributed by atoms with Crippen molar-refractivity contribution in [3.8, 4) is 0 Å². The van der Waals surface area contributed by atoms with E-state index in [4.69, 9.17) is 0 Å². The number of nitrogens with zero attached hydrogens (tertiary/aromatic N) is 5. The lowest BCUT2D eigenvalue weighted by Gasteiger charge is -2.36. The largest absolute Gasteiger partial charge is 0.368 e. The van der Waals surface area contributed by atoms with Gasteiger partial charge in [-0.1, -0.05) is 18.2 Å². The number of piperazine rings is 1. The van der Waals surface area contributed by atoms with Crippen LogP contribution in [0.3, 0.4) is 0 Å². The van der Waals surface area contributed by atoms with Crippen LogP contribution in [0.2, 0.25) is 0 Å². The summed E-state index contributed by atoms with van der Waals surface area (Å²) < 4.78 is 0. The minimum absolute atomic E-state index is 0.666. The molecule has 1 aromatic carbocycles. The average Bonchev–Trinajstić information content (AvgIpc) is 2.60. The molecular formula is C17H22N6. The number of rotatable bonds is 5. The number of anilines is 3. The van der Waals surface area contributed by atoms with Crippen molar-refractivity contribution >= 4 is 17.5 Å². The topological polar surface area (TPSA) is 57.2 Å². The zero-order valence-electron chi connectivity index (χ0n) is 13.4. The molecule has 1 aliphatic heterocycles. The molecule has 1 N–H and O–H groups in total. The molecule has 0 saturated carbocycles. The van der Waals surface area contributed by atoms with Crippen LogP contribution in [0.25, 0.3) is 0 Å². The lowest BCUT2D eigenvalue weighted by atomic mass is 10.2. The van der Waals surface area contributed by atoms with Crippen LogP contribution >= 0.6 is 0 Å². The van der Waals surface area contributed by atoms with Crippen molar-refractivity contribution in [3.05, 3.63) is 48.7 Å². The summed E-state index contributed by atoms with van der Waals surface area (Å²) in [4.78, 5) is 9.10. The fourth-order valence-corrected chi connectivity index (χ4v) is 2.68. The maximum absolute atomic E-state index is 4.52. The summed E-state index contributed by atoms with van der Waals surface area (Å²) in [6.45, 7) is 10.2. The van der Waals surface area contributed by atoms with E-state index in [1.807, 2.05) is 0 Å². The normalized spacial score (nSPS) is 14.7. The van der Waals surface area contributed by atoms with Crippen LogP contribution in [0.4, 0.5) is 17.5 Å². The molecule has 0 spiro atoms. The van der Waals surface area contributed by atoms with Crippen LogP contribution in [0, 0.1) is 6.92 Å². The summed E-state index contributed by atoms with van der Waals surface area (Å²) in [5, 5.41) is 11.3. The van der Waals surface area contributed by atoms with Crippen LogP contribution < -0.4 is 15.1 Å². The fraction of sp³-hybridized carbons (Fsp3) is 0.353. The molecule has 1 aliphatic rings. The molecule has 0 aliphatic carbocycles. The van der Waals surface area contributed by atoms with Gasteiger partial charge in [0, 0.05) is 38.4 Å². The molecule has 0 unspecified atom stereocenters. The molecule has 6 heteroatoms. The first-order valence-electron chi connectivity index (χ1n) is 7.87. The number of benzene rings is 1. The molecule has 1 fully saturated rings. The van der Waals surface area contributed by atoms with Crippen LogP contribution in [0.1, 0.15) is 5.56 Å². The minimum Gasteiger partial charge on any atom is -0.368 e. The molecule has 1 aromatic heterocycles. The van der Waals surface area contributed by atoms with Crippen LogP contribution in [0.5, 0.6) is 0 Å². The SMILES string of the molecule is C=CCNc1cnnc(N2CCN(c3cccc(C)c3)CC2)n1. The number of aromatic nitrogens is 3. The highest BCUT2D eigenvalue weighted by Gasteiger charge is 2.19. The zero-order chi connectivity index (χ0) is 16.1. The maximum Gasteiger partial charge on any atom is 0.247 e. The molecule has 1 saturated heterocycles. The van der Waals surface area contributed by atoms with Crippen molar-refractivity contribution in [2.75, 3.05) is 47.8 Å². The molecule has 120 valence electrons. The van der Waals surface area contributed by atoms with Crippen LogP contribution in [-0.2, 0) is 0 Å². The Kier molecular flexibility index (Phi) is 4.71. The van der Waals surface area contributed by atoms with E-state index in [1.165, 1.54) is 11.3 Å². The van der Waals surface area contributed by atoms with Crippen molar-refractivity contribution in [3.63, 3.8) is 0 Å². The van der Waals surface area contributed by atoms with E-state index in [0.717, 1.165) is 32.0 Å². The standard InChI is InChI=1S/C17H22N6/c1-3-7-18-16-13-19-21-17(20-16)23-10-8-22(9-11-23)15-6-4-5-14(2)12-15/h3-6,12-13H,1,7-11H2,2H3,(H,18,20,21). The lowest BCUT2D eigenvalue weighted by Crippen LogP contribution is -2.47. The Balaban J connectivity index is 1.63. The Morgan fingerprint density at radius 1 is 1.22 bits per heavy atom. The Morgan fingerprint density at radius 3 is 2.74 bits per heavy atom. The monoisotopic (exact) mass is 310 g/mol. The van der Waals surface area contributed by atoms with E-state index in [2.05, 4.69) is 68.1 Å². The predicted octanol–water partition coefficient (Wildman–Crippen LogP) is 2.10. The van der Waals surface area contributed by atoms with Gasteiger partial charge in [-0.05, 0) is 24.6 Å². The van der Waals surface area contributed by atoms with E-state index >= 15 is 0 Å². The van der Waals surface area contributed by atoms with Gasteiger partial charge in [0.2, 0.25) is 5.95 Å². The highest BCUT2D eigenvalue weighted by molar-refractivity contribution is 5.50. The molecule has 0 amide bonds. The third kappa shape index (κ3) is 3.77. The van der Waals surface area contributed by atoms with Gasteiger partial charge in [0.25, 0.3) is 0 Å². The van der Waals surface area contributed by atoms with Gasteiger partial charge in [0.1, 0.15) is 0 Å². The summed E-state index contributed by atoms with van der Waals surface area (Å²) in [6.07, 6.45) is 3.43. The Labute approximate surface area is 136 Å². The van der Waals surface area contributed by atoms with E-state index < -0.39 is 0 Å². The Bertz CT molecular complexity index is 664. The van der Waals surface area contributed by atoms with Gasteiger partial charge in [0.15, 0.2) is 5.82 Å². The van der Waals surface area contributed by atoms with Crippen molar-refractivity contribution in [2.24, 2.45) is 0 Å². The molecule has 0 atom stereocenters. The van der Waals surface area contributed by atoms with Gasteiger partial charge >= 0.3 is 0 Å². The van der Waals surface area contributed by atoms with Gasteiger partial charge in [-0.25, -0.2) is 0 Å². The highest BCUT2D eigenvalue weighted by atomic mass is 15.4. The average molecular weight is 310 g/mol. The molecule has 0 radical (unpaired) electrons.